The molecule has 0 aliphatic heterocycles. The smallest absolute Gasteiger partial charge is 0.306 e. The van der Waals surface area contributed by atoms with E-state index in [2.05, 4.69) is 106 Å². The Bertz CT molecular complexity index is 1190. The first-order chi connectivity index (χ1) is 31.6. The summed E-state index contributed by atoms with van der Waals surface area (Å²) in [4.78, 5) is 25.4. The van der Waals surface area contributed by atoms with Gasteiger partial charge < -0.3 is 14.2 Å². The molecular weight excluding hydrogens is 789 g/mol. The Morgan fingerprint density at radius 3 is 1.14 bits per heavy atom. The Labute approximate surface area is 397 Å². The summed E-state index contributed by atoms with van der Waals surface area (Å²) >= 11 is 0. The molecule has 5 heteroatoms. The fraction of sp³-hybridized carbons (Fsp3) is 0.729. The molecule has 0 aromatic carbocycles. The number of ether oxygens (including phenoxy) is 3. The minimum Gasteiger partial charge on any atom is -0.462 e. The predicted molar refractivity (Wildman–Crippen MR) is 279 cm³/mol. The maximum Gasteiger partial charge on any atom is 0.306 e. The summed E-state index contributed by atoms with van der Waals surface area (Å²) in [5.74, 6) is -0.448. The zero-order valence-electron chi connectivity index (χ0n) is 42.3. The van der Waals surface area contributed by atoms with Gasteiger partial charge in [0.05, 0.1) is 13.2 Å². The van der Waals surface area contributed by atoms with Crippen molar-refractivity contribution in [2.45, 2.75) is 258 Å². The van der Waals surface area contributed by atoms with Gasteiger partial charge in [-0.2, -0.15) is 0 Å². The van der Waals surface area contributed by atoms with Crippen LogP contribution in [0.1, 0.15) is 252 Å². The molecule has 0 saturated heterocycles. The van der Waals surface area contributed by atoms with Crippen LogP contribution in [0.2, 0.25) is 0 Å². The zero-order chi connectivity index (χ0) is 46.3. The van der Waals surface area contributed by atoms with Gasteiger partial charge in [-0.3, -0.25) is 9.59 Å². The maximum absolute atomic E-state index is 12.8. The van der Waals surface area contributed by atoms with E-state index >= 15 is 0 Å². The molecule has 0 amide bonds. The third kappa shape index (κ3) is 51.7. The highest BCUT2D eigenvalue weighted by Crippen LogP contribution is 2.14. The average molecular weight is 891 g/mol. The monoisotopic (exact) mass is 891 g/mol. The molecule has 1 unspecified atom stereocenters. The van der Waals surface area contributed by atoms with E-state index in [1.165, 1.54) is 135 Å². The van der Waals surface area contributed by atoms with Crippen LogP contribution >= 0.6 is 0 Å². The average Bonchev–Trinajstić information content (AvgIpc) is 3.30. The Balaban J connectivity index is 4.35. The fourth-order valence-corrected chi connectivity index (χ4v) is 7.39. The summed E-state index contributed by atoms with van der Waals surface area (Å²) in [5.41, 5.74) is 0. The molecule has 0 aliphatic carbocycles. The van der Waals surface area contributed by atoms with Crippen molar-refractivity contribution in [1.29, 1.82) is 0 Å². The first-order valence-electron chi connectivity index (χ1n) is 27.1. The van der Waals surface area contributed by atoms with Crippen LogP contribution in [-0.2, 0) is 23.8 Å². The summed E-state index contributed by atoms with van der Waals surface area (Å²) in [6, 6.07) is 0. The second-order valence-electron chi connectivity index (χ2n) is 17.7. The minimum absolute atomic E-state index is 0.0489. The third-order valence-corrected chi connectivity index (χ3v) is 11.4. The van der Waals surface area contributed by atoms with Gasteiger partial charge in [-0.15, -0.1) is 0 Å². The summed E-state index contributed by atoms with van der Waals surface area (Å²) in [6.45, 7) is 7.49. The number of hydrogen-bond donors (Lipinski definition) is 0. The molecule has 0 rings (SSSR count). The number of hydrogen-bond acceptors (Lipinski definition) is 5. The highest BCUT2D eigenvalue weighted by Gasteiger charge is 2.17. The van der Waals surface area contributed by atoms with Gasteiger partial charge >= 0.3 is 11.9 Å². The van der Waals surface area contributed by atoms with E-state index in [0.29, 0.717) is 19.4 Å². The second-order valence-corrected chi connectivity index (χ2v) is 17.7. The van der Waals surface area contributed by atoms with E-state index in [-0.39, 0.29) is 25.2 Å². The van der Waals surface area contributed by atoms with Crippen LogP contribution in [0.15, 0.2) is 85.1 Å². The van der Waals surface area contributed by atoms with Crippen LogP contribution in [0.25, 0.3) is 0 Å². The lowest BCUT2D eigenvalue weighted by atomic mass is 10.1. The van der Waals surface area contributed by atoms with Crippen LogP contribution in [0.3, 0.4) is 0 Å². The maximum atomic E-state index is 12.8. The minimum atomic E-state index is -0.584. The van der Waals surface area contributed by atoms with E-state index in [9.17, 15) is 9.59 Å². The fourth-order valence-electron chi connectivity index (χ4n) is 7.39. The molecule has 0 aliphatic rings. The van der Waals surface area contributed by atoms with E-state index in [1.54, 1.807) is 0 Å². The quantitative estimate of drug-likeness (QED) is 0.0346. The van der Waals surface area contributed by atoms with Crippen LogP contribution in [0, 0.1) is 0 Å². The van der Waals surface area contributed by atoms with Crippen LogP contribution in [0.4, 0.5) is 0 Å². The number of carbonyl (C=O) groups is 2. The van der Waals surface area contributed by atoms with Crippen molar-refractivity contribution in [3.05, 3.63) is 85.1 Å². The molecular formula is C59H102O5. The molecule has 0 fully saturated rings. The molecule has 368 valence electrons. The van der Waals surface area contributed by atoms with E-state index in [4.69, 9.17) is 14.2 Å². The van der Waals surface area contributed by atoms with Crippen molar-refractivity contribution in [1.82, 2.24) is 0 Å². The number of allylic oxidation sites excluding steroid dienone is 13. The first-order valence-corrected chi connectivity index (χ1v) is 27.1. The number of unbranched alkanes of at least 4 members (excludes halogenated alkanes) is 24. The Morgan fingerprint density at radius 1 is 0.359 bits per heavy atom. The largest absolute Gasteiger partial charge is 0.462 e. The van der Waals surface area contributed by atoms with Crippen LogP contribution in [-0.4, -0.2) is 37.9 Å². The Kier molecular flexibility index (Phi) is 51.9. The molecule has 0 radical (unpaired) electrons. The van der Waals surface area contributed by atoms with Crippen molar-refractivity contribution in [3.8, 4) is 0 Å². The zero-order valence-corrected chi connectivity index (χ0v) is 42.3. The SMILES string of the molecule is CC/C=C\C/C=C\C/C=C\C/C=C\C/C=C\CCOCC(COC(=O)CCCCCCCCCCC/C=C\CCCCCCCC)OC(=O)CCCCCCC/C=C\CCCCCC. The molecule has 0 N–H and O–H groups in total. The van der Waals surface area contributed by atoms with E-state index < -0.39 is 6.10 Å². The normalized spacial score (nSPS) is 12.9. The van der Waals surface area contributed by atoms with Gasteiger partial charge in [0.15, 0.2) is 6.10 Å². The number of esters is 2. The molecule has 0 saturated carbocycles. The lowest BCUT2D eigenvalue weighted by Gasteiger charge is -2.18. The van der Waals surface area contributed by atoms with Gasteiger partial charge in [0.2, 0.25) is 0 Å². The number of carbonyl (C=O) groups excluding carboxylic acids is 2. The highest BCUT2D eigenvalue weighted by molar-refractivity contribution is 5.70. The Morgan fingerprint density at radius 2 is 0.703 bits per heavy atom. The molecule has 5 nitrogen and oxygen atoms in total. The lowest BCUT2D eigenvalue weighted by molar-refractivity contribution is -0.162. The van der Waals surface area contributed by atoms with Gasteiger partial charge in [-0.25, -0.2) is 0 Å². The summed E-state index contributed by atoms with van der Waals surface area (Å²) in [6.07, 6.45) is 71.9. The van der Waals surface area contributed by atoms with Crippen molar-refractivity contribution < 1.29 is 23.8 Å². The van der Waals surface area contributed by atoms with Crippen molar-refractivity contribution >= 4 is 11.9 Å². The van der Waals surface area contributed by atoms with Crippen molar-refractivity contribution in [2.75, 3.05) is 19.8 Å². The first kappa shape index (κ1) is 61.1. The Hall–Kier alpha value is -2.92. The van der Waals surface area contributed by atoms with Crippen molar-refractivity contribution in [3.63, 3.8) is 0 Å². The van der Waals surface area contributed by atoms with Gasteiger partial charge in [0, 0.05) is 12.8 Å². The van der Waals surface area contributed by atoms with Gasteiger partial charge in [0.25, 0.3) is 0 Å². The topological polar surface area (TPSA) is 61.8 Å². The molecule has 0 heterocycles. The predicted octanol–water partition coefficient (Wildman–Crippen LogP) is 18.5. The summed E-state index contributed by atoms with van der Waals surface area (Å²) in [5, 5.41) is 0. The standard InChI is InChI=1S/C59H102O5/c1-4-7-10-13-16-19-22-25-27-29-30-31-32-35-37-40-43-46-49-52-58(60)63-56-57(64-59(61)53-50-47-44-41-38-34-24-21-18-15-12-9-6-3)55-62-54-51-48-45-42-39-36-33-28-26-23-20-17-14-11-8-5-2/h8,11,17,20-21,24-28,36,39,45,48,57H,4-7,9-10,12-16,18-19,22-23,29-35,37-38,40-44,46-47,49-56H2,1-3H3/b11-8-,20-17-,24-21-,27-25-,28-26-,39-36-,48-45-. The van der Waals surface area contributed by atoms with Crippen LogP contribution in [0.5, 0.6) is 0 Å². The van der Waals surface area contributed by atoms with E-state index in [0.717, 1.165) is 83.5 Å². The third-order valence-electron chi connectivity index (χ3n) is 11.4. The lowest BCUT2D eigenvalue weighted by Crippen LogP contribution is -2.30. The molecule has 0 aromatic heterocycles. The summed E-state index contributed by atoms with van der Waals surface area (Å²) in [7, 11) is 0. The van der Waals surface area contributed by atoms with Gasteiger partial charge in [-0.05, 0) is 103 Å². The van der Waals surface area contributed by atoms with Crippen LogP contribution < -0.4 is 0 Å². The number of rotatable bonds is 49. The van der Waals surface area contributed by atoms with Crippen molar-refractivity contribution in [2.24, 2.45) is 0 Å². The van der Waals surface area contributed by atoms with Gasteiger partial charge in [0.1, 0.15) is 6.61 Å². The van der Waals surface area contributed by atoms with E-state index in [1.807, 2.05) is 0 Å². The van der Waals surface area contributed by atoms with Gasteiger partial charge in [-0.1, -0.05) is 221 Å². The second kappa shape index (κ2) is 54.4. The molecule has 1 atom stereocenters. The molecule has 0 aromatic rings. The summed E-state index contributed by atoms with van der Waals surface area (Å²) < 4.78 is 17.3. The highest BCUT2D eigenvalue weighted by atomic mass is 16.6. The molecule has 0 spiro atoms. The molecule has 64 heavy (non-hydrogen) atoms. The molecule has 0 bridgehead atoms.